The number of rotatable bonds is 9. The minimum atomic E-state index is -1.43. The molecule has 2 aromatic rings. The summed E-state index contributed by atoms with van der Waals surface area (Å²) in [4.78, 5) is 87.2. The second kappa shape index (κ2) is 23.8. The first-order chi connectivity index (χ1) is 31.0. The first-order valence-corrected chi connectivity index (χ1v) is 22.2. The highest BCUT2D eigenvalue weighted by molar-refractivity contribution is 5.93. The zero-order valence-electron chi connectivity index (χ0n) is 37.7. The number of carbonyl (C=O) groups is 6. The maximum absolute atomic E-state index is 14.4. The monoisotopic (exact) mass is 897 g/mol. The average Bonchev–Trinajstić information content (AvgIpc) is 3.28. The Labute approximate surface area is 380 Å². The fourth-order valence-corrected chi connectivity index (χ4v) is 7.86. The number of hydrazine groups is 1. The van der Waals surface area contributed by atoms with Crippen LogP contribution in [0.5, 0.6) is 5.75 Å². The maximum Gasteiger partial charge on any atom is 0.325 e. The Morgan fingerprint density at radius 1 is 0.969 bits per heavy atom. The van der Waals surface area contributed by atoms with Crippen LogP contribution >= 0.6 is 0 Å². The first-order valence-electron chi connectivity index (χ1n) is 22.2. The number of aromatic hydroxyl groups is 1. The van der Waals surface area contributed by atoms with E-state index in [1.165, 1.54) is 41.3 Å². The third-order valence-corrected chi connectivity index (χ3v) is 11.9. The number of allylic oxidation sites excluding steroid dienone is 4. The molecule has 1 unspecified atom stereocenters. The highest BCUT2D eigenvalue weighted by Crippen LogP contribution is 2.25. The molecular formula is C49H63N5O11. The summed E-state index contributed by atoms with van der Waals surface area (Å²) in [6.07, 6.45) is 8.27. The van der Waals surface area contributed by atoms with Crippen molar-refractivity contribution in [1.82, 2.24) is 26.1 Å². The van der Waals surface area contributed by atoms with Gasteiger partial charge in [-0.05, 0) is 73.4 Å². The molecule has 1 fully saturated rings. The number of nitrogens with one attached hydrogen (secondary N) is 3. The van der Waals surface area contributed by atoms with E-state index >= 15 is 0 Å². The minimum absolute atomic E-state index is 0.0347. The van der Waals surface area contributed by atoms with Crippen molar-refractivity contribution >= 4 is 35.4 Å². The molecule has 4 amide bonds. The number of aliphatic hydroxyl groups is 2. The fraction of sp³-hybridized carbons (Fsp3) is 0.469. The number of fused-ring (bicyclic) bond motifs is 3. The summed E-state index contributed by atoms with van der Waals surface area (Å²) in [6.45, 7) is 8.85. The Hall–Kier alpha value is -5.94. The predicted octanol–water partition coefficient (Wildman–Crippen LogP) is 3.80. The van der Waals surface area contributed by atoms with Gasteiger partial charge in [0.1, 0.15) is 42.4 Å². The summed E-state index contributed by atoms with van der Waals surface area (Å²) in [6, 6.07) is 10.6. The van der Waals surface area contributed by atoms with Crippen LogP contribution in [0.1, 0.15) is 83.4 Å². The number of benzene rings is 2. The lowest BCUT2D eigenvalue weighted by molar-refractivity contribution is -0.195. The number of Topliss-reactive ketones (excluding diaryl/α,β-unsaturated/α-hetero) is 1. The molecule has 0 radical (unpaired) electrons. The van der Waals surface area contributed by atoms with Gasteiger partial charge in [0, 0.05) is 37.8 Å². The second-order valence-electron chi connectivity index (χ2n) is 17.3. The molecular weight excluding hydrogens is 835 g/mol. The van der Waals surface area contributed by atoms with Gasteiger partial charge in [-0.2, -0.15) is 0 Å². The fourth-order valence-electron chi connectivity index (χ4n) is 7.86. The molecule has 16 nitrogen and oxygen atoms in total. The molecule has 3 heterocycles. The van der Waals surface area contributed by atoms with E-state index < -0.39 is 77.9 Å². The molecule has 1 saturated heterocycles. The van der Waals surface area contributed by atoms with E-state index in [2.05, 4.69) is 16.1 Å². The summed E-state index contributed by atoms with van der Waals surface area (Å²) in [7, 11) is 0. The van der Waals surface area contributed by atoms with Crippen LogP contribution in [0.3, 0.4) is 0 Å². The van der Waals surface area contributed by atoms with Crippen LogP contribution in [0.2, 0.25) is 0 Å². The van der Waals surface area contributed by atoms with E-state index in [0.29, 0.717) is 24.0 Å². The van der Waals surface area contributed by atoms with Gasteiger partial charge in [0.15, 0.2) is 0 Å². The van der Waals surface area contributed by atoms with Crippen LogP contribution in [0, 0.1) is 17.8 Å². The number of nitrogens with zero attached hydrogens (tertiary/aromatic N) is 2. The number of hydrogen-bond acceptors (Lipinski definition) is 12. The van der Waals surface area contributed by atoms with Crippen molar-refractivity contribution in [2.75, 3.05) is 6.54 Å². The smallest absolute Gasteiger partial charge is 0.325 e. The summed E-state index contributed by atoms with van der Waals surface area (Å²) >= 11 is 0. The summed E-state index contributed by atoms with van der Waals surface area (Å²) in [5, 5.41) is 41.0. The number of ketones is 1. The van der Waals surface area contributed by atoms with Gasteiger partial charge in [0.05, 0.1) is 24.7 Å². The Morgan fingerprint density at radius 3 is 2.45 bits per heavy atom. The molecule has 6 N–H and O–H groups in total. The lowest BCUT2D eigenvalue weighted by Crippen LogP contribution is -2.62. The second-order valence-corrected chi connectivity index (χ2v) is 17.3. The molecule has 5 rings (SSSR count). The Balaban J connectivity index is 1.45. The van der Waals surface area contributed by atoms with E-state index in [9.17, 15) is 44.1 Å². The lowest BCUT2D eigenvalue weighted by atomic mass is 9.84. The SMILES string of the molecule is CC(=O)CC[C@H]1C(=O)N[C@@H](C(C)C)C(=O)N[C@@H](Cc2cccc(O)c2)C(=O)N2CCCC(N2)C(=O)O[C@H](/C(C)=C/C=C/C(=O)N2Cc3ccccc3CO2)C/C=C/C=C/[C@H](O)[C@H](C)[C@H]1O. The number of aliphatic hydroxyl groups excluding tert-OH is 2. The highest BCUT2D eigenvalue weighted by Gasteiger charge is 2.39. The van der Waals surface area contributed by atoms with E-state index in [-0.39, 0.29) is 62.8 Å². The van der Waals surface area contributed by atoms with Gasteiger partial charge in [-0.15, -0.1) is 0 Å². The molecule has 16 heteroatoms. The summed E-state index contributed by atoms with van der Waals surface area (Å²) < 4.78 is 6.08. The molecule has 3 aliphatic heterocycles. The topological polar surface area (TPSA) is 224 Å². The molecule has 3 aliphatic rings. The standard InChI is InChI=1S/C49H63N5O11/c1-30(2)44-47(61)50-40(27-34-15-12-18-37(56)26-34)48(62)53-25-13-19-39(52-53)49(63)65-42(31(3)14-11-22-43(58)54-28-35-16-9-10-17-36(35)29-64-54)21-8-6-7-20-41(57)33(5)45(59)38(46(60)51-44)24-23-32(4)55/h6-12,14-18,20,22,26,30,33,38-42,44-45,52,56-57,59H,13,19,21,23-25,27-29H2,1-5H3,(H,50,61)(H,51,60)/b8-6+,20-7+,22-11+,31-14+/t33-,38+,39?,40-,41-,42-,44-,45+/m0/s1. The highest BCUT2D eigenvalue weighted by atomic mass is 16.7. The number of ether oxygens (including phenoxy) is 1. The average molecular weight is 898 g/mol. The number of amides is 4. The van der Waals surface area contributed by atoms with E-state index in [4.69, 9.17) is 9.57 Å². The minimum Gasteiger partial charge on any atom is -0.508 e. The van der Waals surface area contributed by atoms with Crippen molar-refractivity contribution in [1.29, 1.82) is 0 Å². The number of phenols is 1. The van der Waals surface area contributed by atoms with Crippen molar-refractivity contribution in [3.8, 4) is 5.75 Å². The number of esters is 1. The Kier molecular flexibility index (Phi) is 18.4. The van der Waals surface area contributed by atoms with Crippen molar-refractivity contribution in [3.63, 3.8) is 0 Å². The van der Waals surface area contributed by atoms with E-state index in [1.54, 1.807) is 70.2 Å². The number of carbonyl (C=O) groups excluding carboxylic acids is 6. The van der Waals surface area contributed by atoms with E-state index in [0.717, 1.165) is 11.1 Å². The van der Waals surface area contributed by atoms with Crippen LogP contribution in [0.15, 0.2) is 96.6 Å². The molecule has 8 atom stereocenters. The number of hydroxylamine groups is 2. The van der Waals surface area contributed by atoms with Gasteiger partial charge >= 0.3 is 5.97 Å². The van der Waals surface area contributed by atoms with Crippen LogP contribution < -0.4 is 16.1 Å². The summed E-state index contributed by atoms with van der Waals surface area (Å²) in [5.41, 5.74) is 6.13. The van der Waals surface area contributed by atoms with Gasteiger partial charge < -0.3 is 35.5 Å². The third kappa shape index (κ3) is 14.3. The number of phenolic OH excluding ortho intramolecular Hbond substituents is 1. The number of cyclic esters (lactones) is 1. The first kappa shape index (κ1) is 50.1. The maximum atomic E-state index is 14.4. The van der Waals surface area contributed by atoms with Crippen LogP contribution in [-0.4, -0.2) is 104 Å². The zero-order valence-corrected chi connectivity index (χ0v) is 37.7. The van der Waals surface area contributed by atoms with Crippen LogP contribution in [-0.2, 0) is 57.9 Å². The molecule has 350 valence electrons. The molecule has 0 saturated carbocycles. The molecule has 0 aliphatic carbocycles. The van der Waals surface area contributed by atoms with Crippen LogP contribution in [0.4, 0.5) is 0 Å². The molecule has 65 heavy (non-hydrogen) atoms. The molecule has 2 aromatic carbocycles. The van der Waals surface area contributed by atoms with Gasteiger partial charge in [-0.1, -0.05) is 93.6 Å². The van der Waals surface area contributed by atoms with Crippen molar-refractivity contribution in [2.45, 2.75) is 123 Å². The zero-order chi connectivity index (χ0) is 47.2. The van der Waals surface area contributed by atoms with Crippen molar-refractivity contribution < 1.29 is 53.7 Å². The third-order valence-electron chi connectivity index (χ3n) is 11.9. The van der Waals surface area contributed by atoms with Gasteiger partial charge in [-0.25, -0.2) is 10.5 Å². The Bertz CT molecular complexity index is 2150. The van der Waals surface area contributed by atoms with Crippen molar-refractivity contribution in [3.05, 3.63) is 113 Å². The van der Waals surface area contributed by atoms with Gasteiger partial charge in [0.25, 0.3) is 11.8 Å². The normalized spacial score (nSPS) is 27.7. The van der Waals surface area contributed by atoms with E-state index in [1.807, 2.05) is 24.3 Å². The largest absolute Gasteiger partial charge is 0.508 e. The molecule has 2 bridgehead atoms. The lowest BCUT2D eigenvalue weighted by Gasteiger charge is -2.36. The summed E-state index contributed by atoms with van der Waals surface area (Å²) in [5.74, 6) is -5.82. The Morgan fingerprint density at radius 2 is 1.72 bits per heavy atom. The van der Waals surface area contributed by atoms with Gasteiger partial charge in [0.2, 0.25) is 11.8 Å². The molecule has 0 spiro atoms. The number of hydrogen-bond donors (Lipinski definition) is 6. The van der Waals surface area contributed by atoms with Gasteiger partial charge in [-0.3, -0.25) is 33.8 Å². The molecule has 0 aromatic heterocycles. The predicted molar refractivity (Wildman–Crippen MR) is 240 cm³/mol. The van der Waals surface area contributed by atoms with Crippen LogP contribution in [0.25, 0.3) is 0 Å². The quantitative estimate of drug-likeness (QED) is 0.120. The van der Waals surface area contributed by atoms with Crippen molar-refractivity contribution in [2.24, 2.45) is 17.8 Å².